The fraction of sp³-hybridized carbons (Fsp3) is 0.167. The molecule has 1 N–H and O–H groups in total. The number of likely N-dealkylation sites (N-methyl/N-ethyl adjacent to an activating group) is 1. The summed E-state index contributed by atoms with van der Waals surface area (Å²) in [5, 5.41) is 13.4. The molecule has 1 aliphatic heterocycles. The van der Waals surface area contributed by atoms with Gasteiger partial charge in [0.1, 0.15) is 5.57 Å². The zero-order valence-corrected chi connectivity index (χ0v) is 15.7. The quantitative estimate of drug-likeness (QED) is 0.288. The Bertz CT molecular complexity index is 1020. The van der Waals surface area contributed by atoms with Gasteiger partial charge in [0.2, 0.25) is 0 Å². The first-order valence-electron chi connectivity index (χ1n) is 7.99. The van der Waals surface area contributed by atoms with E-state index >= 15 is 0 Å². The van der Waals surface area contributed by atoms with Gasteiger partial charge in [-0.1, -0.05) is 0 Å². The number of carbonyl (C=O) groups is 2. The number of nitrogens with one attached hydrogen (secondary N) is 1. The van der Waals surface area contributed by atoms with Gasteiger partial charge in [0, 0.05) is 36.3 Å². The van der Waals surface area contributed by atoms with Crippen molar-refractivity contribution in [1.82, 2.24) is 14.8 Å². The third-order valence-electron chi connectivity index (χ3n) is 4.39. The highest BCUT2D eigenvalue weighted by atomic mass is 32.1. The Kier molecular flexibility index (Phi) is 4.63. The molecule has 1 aromatic heterocycles. The minimum absolute atomic E-state index is 0.00458. The molecule has 0 spiro atoms. The van der Waals surface area contributed by atoms with Crippen LogP contribution in [0.1, 0.15) is 17.0 Å². The number of non-ortho nitro benzene ring substituents is 1. The zero-order valence-electron chi connectivity index (χ0n) is 14.8. The Labute approximate surface area is 160 Å². The summed E-state index contributed by atoms with van der Waals surface area (Å²) in [4.78, 5) is 36.1. The van der Waals surface area contributed by atoms with Gasteiger partial charge in [0.25, 0.3) is 17.5 Å². The highest BCUT2D eigenvalue weighted by Crippen LogP contribution is 2.25. The summed E-state index contributed by atoms with van der Waals surface area (Å²) >= 11 is 4.94. The molecule has 27 heavy (non-hydrogen) atoms. The first-order valence-corrected chi connectivity index (χ1v) is 8.40. The lowest BCUT2D eigenvalue weighted by atomic mass is 10.1. The number of amides is 2. The van der Waals surface area contributed by atoms with Crippen molar-refractivity contribution in [1.29, 1.82) is 0 Å². The molecule has 1 saturated heterocycles. The second-order valence-electron chi connectivity index (χ2n) is 6.12. The van der Waals surface area contributed by atoms with Crippen LogP contribution < -0.4 is 5.32 Å². The van der Waals surface area contributed by atoms with Gasteiger partial charge in [0.05, 0.1) is 4.92 Å². The molecule has 0 radical (unpaired) electrons. The van der Waals surface area contributed by atoms with Crippen molar-refractivity contribution in [3.63, 3.8) is 0 Å². The van der Waals surface area contributed by atoms with E-state index in [-0.39, 0.29) is 16.4 Å². The number of benzene rings is 1. The molecule has 8 nitrogen and oxygen atoms in total. The van der Waals surface area contributed by atoms with Gasteiger partial charge in [-0.05, 0) is 55.9 Å². The molecule has 2 amide bonds. The van der Waals surface area contributed by atoms with E-state index < -0.39 is 16.7 Å². The summed E-state index contributed by atoms with van der Waals surface area (Å²) in [7, 11) is 1.50. The minimum Gasteiger partial charge on any atom is -0.318 e. The molecule has 1 aromatic carbocycles. The summed E-state index contributed by atoms with van der Waals surface area (Å²) < 4.78 is 1.90. The fourth-order valence-electron chi connectivity index (χ4n) is 2.96. The standard InChI is InChI=1S/C18H16N4O4S/c1-10-8-12(9-15-16(23)19-18(27)20(3)17(15)24)11(2)21(10)13-4-6-14(7-5-13)22(25)26/h4-9H,1-3H3,(H,19,23,27)/b15-9-. The maximum Gasteiger partial charge on any atom is 0.269 e. The zero-order chi connectivity index (χ0) is 19.9. The van der Waals surface area contributed by atoms with Gasteiger partial charge in [-0.3, -0.25) is 29.9 Å². The molecule has 9 heteroatoms. The molecule has 0 unspecified atom stereocenters. The molecule has 2 heterocycles. The normalized spacial score (nSPS) is 16.0. The lowest BCUT2D eigenvalue weighted by molar-refractivity contribution is -0.384. The molecule has 3 rings (SSSR count). The number of thiocarbonyl (C=S) groups is 1. The van der Waals surface area contributed by atoms with Gasteiger partial charge in [-0.2, -0.15) is 0 Å². The van der Waals surface area contributed by atoms with E-state index in [4.69, 9.17) is 12.2 Å². The van der Waals surface area contributed by atoms with Crippen molar-refractivity contribution in [3.8, 4) is 5.69 Å². The summed E-state index contributed by atoms with van der Waals surface area (Å²) in [6.45, 7) is 3.72. The van der Waals surface area contributed by atoms with E-state index in [1.54, 1.807) is 12.1 Å². The monoisotopic (exact) mass is 384 g/mol. The molecular formula is C18H16N4O4S. The van der Waals surface area contributed by atoms with E-state index in [9.17, 15) is 19.7 Å². The van der Waals surface area contributed by atoms with E-state index in [1.807, 2.05) is 24.5 Å². The maximum atomic E-state index is 12.4. The van der Waals surface area contributed by atoms with E-state index in [0.717, 1.165) is 17.1 Å². The average Bonchev–Trinajstić information content (AvgIpc) is 2.90. The number of nitrogens with zero attached hydrogens (tertiary/aromatic N) is 3. The molecule has 1 aliphatic rings. The summed E-state index contributed by atoms with van der Waals surface area (Å²) in [5.41, 5.74) is 3.11. The van der Waals surface area contributed by atoms with Crippen molar-refractivity contribution in [2.24, 2.45) is 0 Å². The largest absolute Gasteiger partial charge is 0.318 e. The highest BCUT2D eigenvalue weighted by Gasteiger charge is 2.31. The summed E-state index contributed by atoms with van der Waals surface area (Å²) in [6, 6.07) is 8.01. The van der Waals surface area contributed by atoms with Gasteiger partial charge < -0.3 is 4.57 Å². The first kappa shape index (κ1) is 18.5. The number of rotatable bonds is 3. The van der Waals surface area contributed by atoms with Crippen LogP contribution >= 0.6 is 12.2 Å². The van der Waals surface area contributed by atoms with Crippen LogP contribution in [0.25, 0.3) is 11.8 Å². The number of hydrogen-bond donors (Lipinski definition) is 1. The third kappa shape index (κ3) is 3.24. The number of carbonyl (C=O) groups excluding carboxylic acids is 2. The van der Waals surface area contributed by atoms with Crippen LogP contribution in [-0.4, -0.2) is 38.4 Å². The predicted octanol–water partition coefficient (Wildman–Crippen LogP) is 2.26. The topological polar surface area (TPSA) is 97.5 Å². The number of nitro benzene ring substituents is 1. The Morgan fingerprint density at radius 1 is 1.19 bits per heavy atom. The number of nitro groups is 1. The molecule has 0 aliphatic carbocycles. The Morgan fingerprint density at radius 3 is 2.41 bits per heavy atom. The fourth-order valence-corrected chi connectivity index (χ4v) is 3.13. The smallest absolute Gasteiger partial charge is 0.269 e. The van der Waals surface area contributed by atoms with E-state index in [2.05, 4.69) is 5.32 Å². The molecule has 0 saturated carbocycles. The van der Waals surface area contributed by atoms with Crippen molar-refractivity contribution in [2.45, 2.75) is 13.8 Å². The molecular weight excluding hydrogens is 368 g/mol. The van der Waals surface area contributed by atoms with Crippen molar-refractivity contribution in [2.75, 3.05) is 7.05 Å². The lowest BCUT2D eigenvalue weighted by Gasteiger charge is -2.25. The van der Waals surface area contributed by atoms with Crippen molar-refractivity contribution >= 4 is 40.9 Å². The Morgan fingerprint density at radius 2 is 1.81 bits per heavy atom. The van der Waals surface area contributed by atoms with E-state index in [0.29, 0.717) is 5.56 Å². The van der Waals surface area contributed by atoms with Crippen LogP contribution in [0.4, 0.5) is 5.69 Å². The lowest BCUT2D eigenvalue weighted by Crippen LogP contribution is -2.52. The van der Waals surface area contributed by atoms with Crippen LogP contribution in [-0.2, 0) is 9.59 Å². The van der Waals surface area contributed by atoms with Gasteiger partial charge >= 0.3 is 0 Å². The van der Waals surface area contributed by atoms with Crippen LogP contribution in [0.3, 0.4) is 0 Å². The maximum absolute atomic E-state index is 12.4. The van der Waals surface area contributed by atoms with Gasteiger partial charge in [-0.25, -0.2) is 0 Å². The minimum atomic E-state index is -0.539. The first-order chi connectivity index (χ1) is 12.7. The highest BCUT2D eigenvalue weighted by molar-refractivity contribution is 7.80. The second kappa shape index (κ2) is 6.76. The Balaban J connectivity index is 2.03. The van der Waals surface area contributed by atoms with Crippen LogP contribution in [0, 0.1) is 24.0 Å². The molecule has 2 aromatic rings. The summed E-state index contributed by atoms with van der Waals surface area (Å²) in [6.07, 6.45) is 1.53. The van der Waals surface area contributed by atoms with Crippen LogP contribution in [0.5, 0.6) is 0 Å². The number of aryl methyl sites for hydroxylation is 1. The van der Waals surface area contributed by atoms with Crippen LogP contribution in [0.15, 0.2) is 35.9 Å². The molecule has 0 atom stereocenters. The number of aromatic nitrogens is 1. The van der Waals surface area contributed by atoms with Gasteiger partial charge in [-0.15, -0.1) is 0 Å². The third-order valence-corrected chi connectivity index (χ3v) is 4.77. The van der Waals surface area contributed by atoms with E-state index in [1.165, 1.54) is 30.2 Å². The van der Waals surface area contributed by atoms with Crippen molar-refractivity contribution < 1.29 is 14.5 Å². The molecule has 0 bridgehead atoms. The Hall–Kier alpha value is -3.33. The predicted molar refractivity (Wildman–Crippen MR) is 103 cm³/mol. The molecule has 1 fully saturated rings. The summed E-state index contributed by atoms with van der Waals surface area (Å²) in [5.74, 6) is -1.01. The average molecular weight is 384 g/mol. The van der Waals surface area contributed by atoms with Gasteiger partial charge in [0.15, 0.2) is 5.11 Å². The molecule has 138 valence electrons. The number of hydrogen-bond acceptors (Lipinski definition) is 5. The van der Waals surface area contributed by atoms with Crippen molar-refractivity contribution in [3.05, 3.63) is 63.0 Å². The SMILES string of the molecule is Cc1cc(/C=C2/C(=O)NC(=S)N(C)C2=O)c(C)n1-c1ccc([N+](=O)[O-])cc1. The second-order valence-corrected chi connectivity index (χ2v) is 6.50. The van der Waals surface area contributed by atoms with Crippen LogP contribution in [0.2, 0.25) is 0 Å².